The highest BCUT2D eigenvalue weighted by molar-refractivity contribution is 5.20. The van der Waals surface area contributed by atoms with E-state index in [1.165, 1.54) is 0 Å². The summed E-state index contributed by atoms with van der Waals surface area (Å²) in [6.07, 6.45) is 3.78. The molecule has 1 N–H and O–H groups in total. The number of halogens is 2. The molecule has 0 aliphatic rings. The first-order valence-corrected chi connectivity index (χ1v) is 6.35. The van der Waals surface area contributed by atoms with Crippen molar-refractivity contribution in [2.45, 2.75) is 45.6 Å². The molecule has 0 radical (unpaired) electrons. The first kappa shape index (κ1) is 14.1. The van der Waals surface area contributed by atoms with Crippen molar-refractivity contribution in [3.05, 3.63) is 35.4 Å². The lowest BCUT2D eigenvalue weighted by atomic mass is 10.0. The summed E-state index contributed by atoms with van der Waals surface area (Å²) in [6, 6.07) is 4.62. The Bertz CT molecular complexity index is 339. The second-order valence-electron chi connectivity index (χ2n) is 4.31. The maximum absolute atomic E-state index is 13.5. The molecule has 17 heavy (non-hydrogen) atoms. The van der Waals surface area contributed by atoms with Gasteiger partial charge in [-0.25, -0.2) is 8.78 Å². The SMILES string of the molecule is CCCCC(Cc1cccc(F)c1F)NCC. The van der Waals surface area contributed by atoms with Crippen LogP contribution in [0.5, 0.6) is 0 Å². The Morgan fingerprint density at radius 2 is 2.00 bits per heavy atom. The lowest BCUT2D eigenvalue weighted by molar-refractivity contribution is 0.451. The van der Waals surface area contributed by atoms with E-state index in [9.17, 15) is 8.78 Å². The predicted molar refractivity (Wildman–Crippen MR) is 67.1 cm³/mol. The van der Waals surface area contributed by atoms with Crippen molar-refractivity contribution in [3.8, 4) is 0 Å². The molecule has 0 amide bonds. The highest BCUT2D eigenvalue weighted by Gasteiger charge is 2.13. The third-order valence-electron chi connectivity index (χ3n) is 2.90. The fourth-order valence-corrected chi connectivity index (χ4v) is 1.99. The van der Waals surface area contributed by atoms with Gasteiger partial charge in [-0.3, -0.25) is 0 Å². The number of nitrogens with one attached hydrogen (secondary N) is 1. The molecule has 1 unspecified atom stereocenters. The van der Waals surface area contributed by atoms with E-state index in [0.29, 0.717) is 12.0 Å². The van der Waals surface area contributed by atoms with E-state index < -0.39 is 11.6 Å². The van der Waals surface area contributed by atoms with Crippen molar-refractivity contribution < 1.29 is 8.78 Å². The highest BCUT2D eigenvalue weighted by atomic mass is 19.2. The molecule has 1 nitrogen and oxygen atoms in total. The standard InChI is InChI=1S/C14H21F2N/c1-3-5-8-12(17-4-2)10-11-7-6-9-13(15)14(11)16/h6-7,9,12,17H,3-5,8,10H2,1-2H3. The van der Waals surface area contributed by atoms with Gasteiger partial charge < -0.3 is 5.32 Å². The van der Waals surface area contributed by atoms with Crippen molar-refractivity contribution in [1.29, 1.82) is 0 Å². The third-order valence-corrected chi connectivity index (χ3v) is 2.90. The molecule has 96 valence electrons. The predicted octanol–water partition coefficient (Wildman–Crippen LogP) is 3.68. The van der Waals surface area contributed by atoms with Crippen LogP contribution in [0.4, 0.5) is 8.78 Å². The highest BCUT2D eigenvalue weighted by Crippen LogP contribution is 2.15. The smallest absolute Gasteiger partial charge is 0.162 e. The van der Waals surface area contributed by atoms with E-state index in [1.807, 2.05) is 6.92 Å². The summed E-state index contributed by atoms with van der Waals surface area (Å²) in [5.74, 6) is -1.46. The molecular formula is C14H21F2N. The summed E-state index contributed by atoms with van der Waals surface area (Å²) in [4.78, 5) is 0. The summed E-state index contributed by atoms with van der Waals surface area (Å²) in [7, 11) is 0. The Labute approximate surface area is 102 Å². The molecule has 0 bridgehead atoms. The van der Waals surface area contributed by atoms with Crippen LogP contribution in [0.25, 0.3) is 0 Å². The summed E-state index contributed by atoms with van der Waals surface area (Å²) >= 11 is 0. The third kappa shape index (κ3) is 4.43. The zero-order chi connectivity index (χ0) is 12.7. The molecule has 0 saturated heterocycles. The van der Waals surface area contributed by atoms with Gasteiger partial charge in [0.15, 0.2) is 11.6 Å². The molecule has 0 fully saturated rings. The van der Waals surface area contributed by atoms with Crippen molar-refractivity contribution in [2.75, 3.05) is 6.54 Å². The lowest BCUT2D eigenvalue weighted by Crippen LogP contribution is -2.31. The molecule has 0 aliphatic carbocycles. The molecular weight excluding hydrogens is 220 g/mol. The quantitative estimate of drug-likeness (QED) is 0.768. The maximum Gasteiger partial charge on any atom is 0.162 e. The number of hydrogen-bond acceptors (Lipinski definition) is 1. The first-order chi connectivity index (χ1) is 8.19. The number of likely N-dealkylation sites (N-methyl/N-ethyl adjacent to an activating group) is 1. The van der Waals surface area contributed by atoms with Crippen LogP contribution >= 0.6 is 0 Å². The number of rotatable bonds is 7. The normalized spacial score (nSPS) is 12.7. The first-order valence-electron chi connectivity index (χ1n) is 6.35. The van der Waals surface area contributed by atoms with Gasteiger partial charge in [0.25, 0.3) is 0 Å². The largest absolute Gasteiger partial charge is 0.314 e. The molecule has 0 heterocycles. The second-order valence-corrected chi connectivity index (χ2v) is 4.31. The van der Waals surface area contributed by atoms with E-state index in [-0.39, 0.29) is 6.04 Å². The average molecular weight is 241 g/mol. The molecule has 0 spiro atoms. The molecule has 0 aliphatic heterocycles. The minimum absolute atomic E-state index is 0.233. The zero-order valence-corrected chi connectivity index (χ0v) is 10.6. The summed E-state index contributed by atoms with van der Waals surface area (Å²) in [5, 5.41) is 3.32. The Balaban J connectivity index is 2.67. The fourth-order valence-electron chi connectivity index (χ4n) is 1.99. The second kappa shape index (κ2) is 7.38. The van der Waals surface area contributed by atoms with Crippen molar-refractivity contribution in [2.24, 2.45) is 0 Å². The van der Waals surface area contributed by atoms with E-state index in [0.717, 1.165) is 31.9 Å². The van der Waals surface area contributed by atoms with Gasteiger partial charge in [-0.2, -0.15) is 0 Å². The van der Waals surface area contributed by atoms with Crippen LogP contribution in [0.15, 0.2) is 18.2 Å². The van der Waals surface area contributed by atoms with Gasteiger partial charge in [0, 0.05) is 6.04 Å². The Morgan fingerprint density at radius 1 is 1.24 bits per heavy atom. The van der Waals surface area contributed by atoms with Gasteiger partial charge in [-0.1, -0.05) is 38.8 Å². The number of hydrogen-bond donors (Lipinski definition) is 1. The van der Waals surface area contributed by atoms with Gasteiger partial charge in [-0.05, 0) is 31.0 Å². The molecule has 3 heteroatoms. The molecule has 0 saturated carbocycles. The van der Waals surface area contributed by atoms with Crippen LogP contribution in [0.3, 0.4) is 0 Å². The van der Waals surface area contributed by atoms with Crippen LogP contribution in [-0.4, -0.2) is 12.6 Å². The van der Waals surface area contributed by atoms with Crippen molar-refractivity contribution in [1.82, 2.24) is 5.32 Å². The van der Waals surface area contributed by atoms with Gasteiger partial charge >= 0.3 is 0 Å². The molecule has 1 rings (SSSR count). The van der Waals surface area contributed by atoms with E-state index in [2.05, 4.69) is 12.2 Å². The summed E-state index contributed by atoms with van der Waals surface area (Å²) < 4.78 is 26.6. The van der Waals surface area contributed by atoms with Crippen molar-refractivity contribution >= 4 is 0 Å². The van der Waals surface area contributed by atoms with E-state index >= 15 is 0 Å². The lowest BCUT2D eigenvalue weighted by Gasteiger charge is -2.18. The Morgan fingerprint density at radius 3 is 2.65 bits per heavy atom. The Hall–Kier alpha value is -0.960. The Kier molecular flexibility index (Phi) is 6.12. The minimum Gasteiger partial charge on any atom is -0.314 e. The maximum atomic E-state index is 13.5. The summed E-state index contributed by atoms with van der Waals surface area (Å²) in [6.45, 7) is 5.01. The fraction of sp³-hybridized carbons (Fsp3) is 0.571. The average Bonchev–Trinajstić information content (AvgIpc) is 2.32. The van der Waals surface area contributed by atoms with E-state index in [4.69, 9.17) is 0 Å². The zero-order valence-electron chi connectivity index (χ0n) is 10.6. The van der Waals surface area contributed by atoms with Crippen LogP contribution < -0.4 is 5.32 Å². The van der Waals surface area contributed by atoms with Gasteiger partial charge in [0.05, 0.1) is 0 Å². The molecule has 1 atom stereocenters. The van der Waals surface area contributed by atoms with Gasteiger partial charge in [-0.15, -0.1) is 0 Å². The van der Waals surface area contributed by atoms with E-state index in [1.54, 1.807) is 12.1 Å². The van der Waals surface area contributed by atoms with Crippen LogP contribution in [0.2, 0.25) is 0 Å². The number of unbranched alkanes of at least 4 members (excludes halogenated alkanes) is 1. The topological polar surface area (TPSA) is 12.0 Å². The molecule has 0 aromatic heterocycles. The monoisotopic (exact) mass is 241 g/mol. The van der Waals surface area contributed by atoms with Crippen molar-refractivity contribution in [3.63, 3.8) is 0 Å². The molecule has 1 aromatic carbocycles. The summed E-state index contributed by atoms with van der Waals surface area (Å²) in [5.41, 5.74) is 0.465. The van der Waals surface area contributed by atoms with Crippen LogP contribution in [0, 0.1) is 11.6 Å². The van der Waals surface area contributed by atoms with Crippen LogP contribution in [0.1, 0.15) is 38.7 Å². The minimum atomic E-state index is -0.756. The molecule has 1 aromatic rings. The van der Waals surface area contributed by atoms with Gasteiger partial charge in [0.2, 0.25) is 0 Å². The van der Waals surface area contributed by atoms with Crippen LogP contribution in [-0.2, 0) is 6.42 Å². The number of benzene rings is 1. The van der Waals surface area contributed by atoms with Gasteiger partial charge in [0.1, 0.15) is 0 Å².